The first-order valence-corrected chi connectivity index (χ1v) is 7.47. The zero-order valence-corrected chi connectivity index (χ0v) is 12.4. The number of aromatic nitrogens is 3. The van der Waals surface area contributed by atoms with Gasteiger partial charge in [-0.15, -0.1) is 22.9 Å². The van der Waals surface area contributed by atoms with E-state index in [2.05, 4.69) is 15.4 Å². The van der Waals surface area contributed by atoms with Crippen LogP contribution in [0.15, 0.2) is 11.4 Å². The van der Waals surface area contributed by atoms with Crippen molar-refractivity contribution in [2.24, 2.45) is 0 Å². The van der Waals surface area contributed by atoms with E-state index in [1.807, 2.05) is 25.3 Å². The van der Waals surface area contributed by atoms with Crippen LogP contribution in [0.3, 0.4) is 0 Å². The second-order valence-electron chi connectivity index (χ2n) is 3.92. The second kappa shape index (κ2) is 6.16. The van der Waals surface area contributed by atoms with E-state index in [-0.39, 0.29) is 5.91 Å². The van der Waals surface area contributed by atoms with E-state index >= 15 is 0 Å². The lowest BCUT2D eigenvalue weighted by atomic mass is 10.3. The zero-order valence-electron chi connectivity index (χ0n) is 10.8. The summed E-state index contributed by atoms with van der Waals surface area (Å²) in [6, 6.07) is 1.81. The SMILES string of the molecule is CCc1cc(C(=O)Nc2nc(CCl)cs2)n(CC)n1. The molecule has 2 rings (SSSR count). The fourth-order valence-electron chi connectivity index (χ4n) is 1.65. The minimum Gasteiger partial charge on any atom is -0.296 e. The molecule has 0 radical (unpaired) electrons. The highest BCUT2D eigenvalue weighted by atomic mass is 35.5. The van der Waals surface area contributed by atoms with Crippen molar-refractivity contribution in [3.05, 3.63) is 28.5 Å². The summed E-state index contributed by atoms with van der Waals surface area (Å²) in [6.07, 6.45) is 0.806. The third-order valence-electron chi connectivity index (χ3n) is 2.63. The molecule has 0 saturated carbocycles. The molecule has 0 aliphatic heterocycles. The molecule has 0 fully saturated rings. The van der Waals surface area contributed by atoms with Gasteiger partial charge in [-0.1, -0.05) is 6.92 Å². The third-order valence-corrected chi connectivity index (χ3v) is 3.71. The van der Waals surface area contributed by atoms with Gasteiger partial charge in [-0.3, -0.25) is 14.8 Å². The van der Waals surface area contributed by atoms with Crippen LogP contribution in [0, 0.1) is 0 Å². The molecule has 2 aromatic heterocycles. The van der Waals surface area contributed by atoms with Gasteiger partial charge in [-0.25, -0.2) is 4.98 Å². The molecule has 0 saturated heterocycles. The standard InChI is InChI=1S/C12H15ClN4OS/c1-3-8-5-10(17(4-2)16-8)11(18)15-12-14-9(6-13)7-19-12/h5,7H,3-4,6H2,1-2H3,(H,14,15,18). The van der Waals surface area contributed by atoms with Crippen molar-refractivity contribution in [2.45, 2.75) is 32.7 Å². The van der Waals surface area contributed by atoms with E-state index in [4.69, 9.17) is 11.6 Å². The number of aryl methyl sites for hydroxylation is 2. The quantitative estimate of drug-likeness (QED) is 0.863. The maximum Gasteiger partial charge on any atom is 0.275 e. The topological polar surface area (TPSA) is 59.8 Å². The first kappa shape index (κ1) is 14.0. The molecule has 0 spiro atoms. The van der Waals surface area contributed by atoms with E-state index in [9.17, 15) is 4.79 Å². The second-order valence-corrected chi connectivity index (χ2v) is 5.05. The fraction of sp³-hybridized carbons (Fsp3) is 0.417. The summed E-state index contributed by atoms with van der Waals surface area (Å²) in [7, 11) is 0. The summed E-state index contributed by atoms with van der Waals surface area (Å²) in [5.41, 5.74) is 2.23. The Labute approximate surface area is 120 Å². The van der Waals surface area contributed by atoms with Crippen molar-refractivity contribution in [1.29, 1.82) is 0 Å². The molecular weight excluding hydrogens is 284 g/mol. The van der Waals surface area contributed by atoms with Crippen molar-refractivity contribution in [1.82, 2.24) is 14.8 Å². The van der Waals surface area contributed by atoms with Crippen LogP contribution in [0.1, 0.15) is 35.7 Å². The summed E-state index contributed by atoms with van der Waals surface area (Å²) in [5.74, 6) is 0.156. The number of hydrogen-bond donors (Lipinski definition) is 1. The Hall–Kier alpha value is -1.40. The largest absolute Gasteiger partial charge is 0.296 e. The van der Waals surface area contributed by atoms with Crippen LogP contribution in [0.5, 0.6) is 0 Å². The Bertz CT molecular complexity index is 578. The Morgan fingerprint density at radius 2 is 2.26 bits per heavy atom. The summed E-state index contributed by atoms with van der Waals surface area (Å²) < 4.78 is 1.70. The van der Waals surface area contributed by atoms with E-state index in [1.165, 1.54) is 11.3 Å². The van der Waals surface area contributed by atoms with Crippen LogP contribution in [0.2, 0.25) is 0 Å². The molecule has 0 aliphatic carbocycles. The summed E-state index contributed by atoms with van der Waals surface area (Å²) >= 11 is 7.05. The predicted molar refractivity (Wildman–Crippen MR) is 76.9 cm³/mol. The van der Waals surface area contributed by atoms with Gasteiger partial charge in [0, 0.05) is 11.9 Å². The van der Waals surface area contributed by atoms with Gasteiger partial charge in [-0.05, 0) is 19.4 Å². The smallest absolute Gasteiger partial charge is 0.275 e. The lowest BCUT2D eigenvalue weighted by Crippen LogP contribution is -2.17. The molecule has 0 aromatic carbocycles. The maximum atomic E-state index is 12.2. The number of carbonyl (C=O) groups is 1. The Balaban J connectivity index is 2.17. The molecule has 2 heterocycles. The van der Waals surface area contributed by atoms with Gasteiger partial charge >= 0.3 is 0 Å². The molecule has 0 aliphatic rings. The predicted octanol–water partition coefficient (Wildman–Crippen LogP) is 2.91. The van der Waals surface area contributed by atoms with Crippen LogP contribution < -0.4 is 5.32 Å². The van der Waals surface area contributed by atoms with E-state index in [0.717, 1.165) is 17.8 Å². The highest BCUT2D eigenvalue weighted by Gasteiger charge is 2.15. The molecular formula is C12H15ClN4OS. The number of anilines is 1. The summed E-state index contributed by atoms with van der Waals surface area (Å²) in [4.78, 5) is 16.4. The fourth-order valence-corrected chi connectivity index (χ4v) is 2.59. The first-order chi connectivity index (χ1) is 9.17. The van der Waals surface area contributed by atoms with Gasteiger partial charge in [-0.2, -0.15) is 5.10 Å². The molecule has 7 heteroatoms. The normalized spacial score (nSPS) is 10.7. The van der Waals surface area contributed by atoms with Crippen molar-refractivity contribution in [2.75, 3.05) is 5.32 Å². The molecule has 0 unspecified atom stereocenters. The van der Waals surface area contributed by atoms with Crippen LogP contribution in [0.25, 0.3) is 0 Å². The molecule has 0 atom stereocenters. The molecule has 2 aromatic rings. The van der Waals surface area contributed by atoms with Crippen molar-refractivity contribution >= 4 is 34.0 Å². The van der Waals surface area contributed by atoms with Gasteiger partial charge in [0.15, 0.2) is 5.13 Å². The van der Waals surface area contributed by atoms with Gasteiger partial charge in [0.1, 0.15) is 5.69 Å². The molecule has 19 heavy (non-hydrogen) atoms. The van der Waals surface area contributed by atoms with Crippen molar-refractivity contribution in [3.63, 3.8) is 0 Å². The molecule has 102 valence electrons. The van der Waals surface area contributed by atoms with E-state index in [0.29, 0.717) is 23.3 Å². The average molecular weight is 299 g/mol. The molecule has 5 nitrogen and oxygen atoms in total. The number of halogens is 1. The van der Waals surface area contributed by atoms with Gasteiger partial charge in [0.05, 0.1) is 17.3 Å². The van der Waals surface area contributed by atoms with E-state index in [1.54, 1.807) is 4.68 Å². The molecule has 1 N–H and O–H groups in total. The van der Waals surface area contributed by atoms with Crippen LogP contribution in [-0.4, -0.2) is 20.7 Å². The lowest BCUT2D eigenvalue weighted by molar-refractivity contribution is 0.101. The monoisotopic (exact) mass is 298 g/mol. The zero-order chi connectivity index (χ0) is 13.8. The van der Waals surface area contributed by atoms with Gasteiger partial charge < -0.3 is 0 Å². The average Bonchev–Trinajstić information content (AvgIpc) is 3.04. The first-order valence-electron chi connectivity index (χ1n) is 6.06. The Morgan fingerprint density at radius 1 is 1.47 bits per heavy atom. The van der Waals surface area contributed by atoms with E-state index < -0.39 is 0 Å². The summed E-state index contributed by atoms with van der Waals surface area (Å²) in [6.45, 7) is 4.63. The number of hydrogen-bond acceptors (Lipinski definition) is 4. The van der Waals surface area contributed by atoms with Crippen molar-refractivity contribution in [3.8, 4) is 0 Å². The number of nitrogens with one attached hydrogen (secondary N) is 1. The van der Waals surface area contributed by atoms with Crippen LogP contribution in [0.4, 0.5) is 5.13 Å². The Morgan fingerprint density at radius 3 is 2.84 bits per heavy atom. The number of amides is 1. The number of alkyl halides is 1. The van der Waals surface area contributed by atoms with Crippen molar-refractivity contribution < 1.29 is 4.79 Å². The summed E-state index contributed by atoms with van der Waals surface area (Å²) in [5, 5.41) is 9.51. The maximum absolute atomic E-state index is 12.2. The van der Waals surface area contributed by atoms with Gasteiger partial charge in [0.2, 0.25) is 0 Å². The van der Waals surface area contributed by atoms with Gasteiger partial charge in [0.25, 0.3) is 5.91 Å². The third kappa shape index (κ3) is 3.13. The number of rotatable bonds is 5. The highest BCUT2D eigenvalue weighted by Crippen LogP contribution is 2.18. The number of nitrogens with zero attached hydrogens (tertiary/aromatic N) is 3. The highest BCUT2D eigenvalue weighted by molar-refractivity contribution is 7.14. The lowest BCUT2D eigenvalue weighted by Gasteiger charge is -2.03. The number of thiazole rings is 1. The minimum atomic E-state index is -0.190. The Kier molecular flexibility index (Phi) is 4.55. The van der Waals surface area contributed by atoms with Crippen LogP contribution in [-0.2, 0) is 18.8 Å². The minimum absolute atomic E-state index is 0.190. The number of carbonyl (C=O) groups excluding carboxylic acids is 1. The molecule has 0 bridgehead atoms. The molecule has 1 amide bonds. The van der Waals surface area contributed by atoms with Crippen LogP contribution >= 0.6 is 22.9 Å².